The molecule has 2 aromatic rings. The third-order valence-corrected chi connectivity index (χ3v) is 5.96. The number of piperidine rings is 1. The van der Waals surface area contributed by atoms with Gasteiger partial charge in [-0.1, -0.05) is 12.5 Å². The average Bonchev–Trinajstić information content (AvgIpc) is 3.23. The molecule has 1 N–H and O–H groups in total. The highest BCUT2D eigenvalue weighted by atomic mass is 32.1. The minimum absolute atomic E-state index is 0.0594. The lowest BCUT2D eigenvalue weighted by Gasteiger charge is -2.26. The second kappa shape index (κ2) is 8.68. The number of thiophene rings is 1. The Morgan fingerprint density at radius 2 is 2.04 bits per heavy atom. The van der Waals surface area contributed by atoms with Crippen LogP contribution >= 0.6 is 11.3 Å². The fourth-order valence-electron chi connectivity index (χ4n) is 3.62. The molecule has 2 aromatic heterocycles. The van der Waals surface area contributed by atoms with Gasteiger partial charge in [0.1, 0.15) is 0 Å². The third-order valence-electron chi connectivity index (χ3n) is 5.10. The number of carbonyl (C=O) groups is 1. The highest BCUT2D eigenvalue weighted by Crippen LogP contribution is 2.19. The zero-order valence-electron chi connectivity index (χ0n) is 15.4. The number of aryl methyl sites for hydroxylation is 1. The van der Waals surface area contributed by atoms with E-state index in [0.717, 1.165) is 43.0 Å². The molecule has 3 heterocycles. The smallest absolute Gasteiger partial charge is 0.253 e. The Morgan fingerprint density at radius 1 is 1.24 bits per heavy atom. The normalized spacial score (nSPS) is 15.4. The van der Waals surface area contributed by atoms with Crippen LogP contribution in [0.5, 0.6) is 0 Å². The number of amides is 1. The van der Waals surface area contributed by atoms with Gasteiger partial charge in [-0.25, -0.2) is 0 Å². The predicted octanol–water partition coefficient (Wildman–Crippen LogP) is 3.82. The summed E-state index contributed by atoms with van der Waals surface area (Å²) >= 11 is 1.76. The maximum Gasteiger partial charge on any atom is 0.253 e. The van der Waals surface area contributed by atoms with Crippen molar-refractivity contribution in [3.63, 3.8) is 0 Å². The molecule has 1 fully saturated rings. The van der Waals surface area contributed by atoms with Gasteiger partial charge in [0, 0.05) is 22.8 Å². The Hall–Kier alpha value is -1.59. The van der Waals surface area contributed by atoms with E-state index in [-0.39, 0.29) is 5.91 Å². The first-order valence-electron chi connectivity index (χ1n) is 9.35. The van der Waals surface area contributed by atoms with Crippen LogP contribution in [0.4, 0.5) is 0 Å². The topological polar surface area (TPSA) is 37.3 Å². The Morgan fingerprint density at radius 3 is 2.76 bits per heavy atom. The number of rotatable bonds is 7. The van der Waals surface area contributed by atoms with Gasteiger partial charge in [-0.2, -0.15) is 0 Å². The van der Waals surface area contributed by atoms with Crippen LogP contribution in [0.3, 0.4) is 0 Å². The Labute approximate surface area is 154 Å². The van der Waals surface area contributed by atoms with E-state index < -0.39 is 0 Å². The van der Waals surface area contributed by atoms with E-state index in [0.29, 0.717) is 0 Å². The number of hydrogen-bond donors (Lipinski definition) is 1. The maximum atomic E-state index is 12.5. The minimum atomic E-state index is 0.0594. The number of hydrogen-bond acceptors (Lipinski definition) is 3. The molecular weight excluding hydrogens is 330 g/mol. The van der Waals surface area contributed by atoms with E-state index in [1.54, 1.807) is 11.3 Å². The highest BCUT2D eigenvalue weighted by molar-refractivity contribution is 7.09. The summed E-state index contributed by atoms with van der Waals surface area (Å²) in [5.74, 6) is 0.0594. The van der Waals surface area contributed by atoms with Crippen LogP contribution in [-0.2, 0) is 6.54 Å². The molecule has 0 bridgehead atoms. The monoisotopic (exact) mass is 359 g/mol. The summed E-state index contributed by atoms with van der Waals surface area (Å²) in [5, 5.41) is 5.20. The van der Waals surface area contributed by atoms with Crippen molar-refractivity contribution in [1.82, 2.24) is 14.8 Å². The quantitative estimate of drug-likeness (QED) is 0.763. The fourth-order valence-corrected chi connectivity index (χ4v) is 4.31. The molecule has 0 unspecified atom stereocenters. The molecule has 0 radical (unpaired) electrons. The minimum Gasteiger partial charge on any atom is -0.352 e. The summed E-state index contributed by atoms with van der Waals surface area (Å²) in [6, 6.07) is 6.23. The number of aromatic nitrogens is 1. The first-order chi connectivity index (χ1) is 12.1. The average molecular weight is 360 g/mol. The van der Waals surface area contributed by atoms with Crippen molar-refractivity contribution in [1.29, 1.82) is 0 Å². The molecule has 3 rings (SSSR count). The van der Waals surface area contributed by atoms with Crippen molar-refractivity contribution < 1.29 is 4.79 Å². The molecule has 0 spiro atoms. The van der Waals surface area contributed by atoms with E-state index in [1.165, 1.54) is 37.2 Å². The summed E-state index contributed by atoms with van der Waals surface area (Å²) < 4.78 is 2.23. The van der Waals surface area contributed by atoms with Crippen molar-refractivity contribution >= 4 is 17.2 Å². The van der Waals surface area contributed by atoms with E-state index >= 15 is 0 Å². The molecule has 1 saturated heterocycles. The number of nitrogens with zero attached hydrogens (tertiary/aromatic N) is 2. The van der Waals surface area contributed by atoms with Crippen LogP contribution in [0, 0.1) is 13.8 Å². The molecule has 136 valence electrons. The number of likely N-dealkylation sites (tertiary alicyclic amines) is 1. The summed E-state index contributed by atoms with van der Waals surface area (Å²) in [6.07, 6.45) is 5.04. The zero-order valence-corrected chi connectivity index (χ0v) is 16.2. The highest BCUT2D eigenvalue weighted by Gasteiger charge is 2.16. The predicted molar refractivity (Wildman–Crippen MR) is 105 cm³/mol. The van der Waals surface area contributed by atoms with E-state index in [1.807, 2.05) is 13.0 Å². The van der Waals surface area contributed by atoms with E-state index in [9.17, 15) is 4.79 Å². The largest absolute Gasteiger partial charge is 0.352 e. The van der Waals surface area contributed by atoms with Crippen LogP contribution in [-0.4, -0.2) is 41.6 Å². The molecule has 1 aliphatic heterocycles. The molecular formula is C20H29N3OS. The number of carbonyl (C=O) groups excluding carboxylic acids is 1. The van der Waals surface area contributed by atoms with Crippen LogP contribution in [0.15, 0.2) is 23.6 Å². The summed E-state index contributed by atoms with van der Waals surface area (Å²) in [4.78, 5) is 16.4. The van der Waals surface area contributed by atoms with Crippen molar-refractivity contribution in [3.05, 3.63) is 45.4 Å². The molecule has 5 heteroatoms. The second-order valence-electron chi connectivity index (χ2n) is 6.96. The maximum absolute atomic E-state index is 12.5. The first-order valence-corrected chi connectivity index (χ1v) is 10.2. The van der Waals surface area contributed by atoms with Crippen LogP contribution < -0.4 is 5.32 Å². The number of nitrogens with one attached hydrogen (secondary N) is 1. The lowest BCUT2D eigenvalue weighted by molar-refractivity contribution is 0.0950. The molecule has 4 nitrogen and oxygen atoms in total. The van der Waals surface area contributed by atoms with Crippen LogP contribution in [0.2, 0.25) is 0 Å². The molecule has 25 heavy (non-hydrogen) atoms. The second-order valence-corrected chi connectivity index (χ2v) is 7.99. The third kappa shape index (κ3) is 4.73. The lowest BCUT2D eigenvalue weighted by atomic mass is 10.1. The Bertz CT molecular complexity index is 684. The zero-order chi connectivity index (χ0) is 17.6. The molecule has 0 aromatic carbocycles. The lowest BCUT2D eigenvalue weighted by Crippen LogP contribution is -2.33. The van der Waals surface area contributed by atoms with Gasteiger partial charge >= 0.3 is 0 Å². The van der Waals surface area contributed by atoms with Gasteiger partial charge < -0.3 is 14.8 Å². The summed E-state index contributed by atoms with van der Waals surface area (Å²) in [6.45, 7) is 9.26. The van der Waals surface area contributed by atoms with Gasteiger partial charge in [-0.15, -0.1) is 11.3 Å². The van der Waals surface area contributed by atoms with Crippen LogP contribution in [0.25, 0.3) is 0 Å². The van der Waals surface area contributed by atoms with Gasteiger partial charge in [0.05, 0.1) is 12.1 Å². The standard InChI is InChI=1S/C20H29N3OS/c1-16-14-19(17(2)23(16)15-18-8-6-13-25-18)20(24)21-9-7-12-22-10-4-3-5-11-22/h6,8,13-14H,3-5,7,9-12,15H2,1-2H3,(H,21,24). The van der Waals surface area contributed by atoms with Gasteiger partial charge in [-0.05, 0) is 70.3 Å². The molecule has 0 aliphatic carbocycles. The van der Waals surface area contributed by atoms with E-state index in [2.05, 4.69) is 39.2 Å². The Balaban J connectivity index is 1.51. The van der Waals surface area contributed by atoms with Gasteiger partial charge in [0.2, 0.25) is 0 Å². The fraction of sp³-hybridized carbons (Fsp3) is 0.550. The van der Waals surface area contributed by atoms with Crippen molar-refractivity contribution in [2.24, 2.45) is 0 Å². The molecule has 0 atom stereocenters. The molecule has 1 aliphatic rings. The van der Waals surface area contributed by atoms with Gasteiger partial charge in [0.15, 0.2) is 0 Å². The first kappa shape index (κ1) is 18.2. The van der Waals surface area contributed by atoms with Crippen molar-refractivity contribution in [2.45, 2.75) is 46.1 Å². The molecule has 0 saturated carbocycles. The molecule has 1 amide bonds. The van der Waals surface area contributed by atoms with E-state index in [4.69, 9.17) is 0 Å². The summed E-state index contributed by atoms with van der Waals surface area (Å²) in [5.41, 5.74) is 3.01. The SMILES string of the molecule is Cc1cc(C(=O)NCCCN2CCCCC2)c(C)n1Cc1cccs1. The van der Waals surface area contributed by atoms with Crippen molar-refractivity contribution in [3.8, 4) is 0 Å². The van der Waals surface area contributed by atoms with Crippen LogP contribution in [0.1, 0.15) is 52.3 Å². The van der Waals surface area contributed by atoms with Gasteiger partial charge in [0.25, 0.3) is 5.91 Å². The van der Waals surface area contributed by atoms with Gasteiger partial charge in [-0.3, -0.25) is 4.79 Å². The van der Waals surface area contributed by atoms with Crippen molar-refractivity contribution in [2.75, 3.05) is 26.2 Å². The Kier molecular flexibility index (Phi) is 6.32. The summed E-state index contributed by atoms with van der Waals surface area (Å²) in [7, 11) is 0.